The molecule has 0 aliphatic rings. The molecule has 0 aliphatic heterocycles. The molecule has 19 heavy (non-hydrogen) atoms. The van der Waals surface area contributed by atoms with Crippen LogP contribution >= 0.6 is 11.6 Å². The molecule has 1 amide bonds. The number of imidazole rings is 1. The monoisotopic (exact) mass is 277 g/mol. The van der Waals surface area contributed by atoms with Crippen LogP contribution in [0.3, 0.4) is 0 Å². The molecule has 1 aromatic carbocycles. The van der Waals surface area contributed by atoms with Crippen molar-refractivity contribution < 1.29 is 4.79 Å². The lowest BCUT2D eigenvalue weighted by atomic mass is 10.1. The minimum Gasteiger partial charge on any atom is -0.355 e. The van der Waals surface area contributed by atoms with E-state index in [2.05, 4.69) is 10.3 Å². The number of carbonyl (C=O) groups excluding carboxylic acids is 1. The third-order valence-corrected chi connectivity index (χ3v) is 2.99. The average Bonchev–Trinajstić information content (AvgIpc) is 2.78. The normalized spacial score (nSPS) is 10.4. The Morgan fingerprint density at radius 3 is 2.74 bits per heavy atom. The summed E-state index contributed by atoms with van der Waals surface area (Å²) in [5, 5.41) is 3.56. The van der Waals surface area contributed by atoms with E-state index in [1.807, 2.05) is 29.9 Å². The first-order valence-electron chi connectivity index (χ1n) is 6.11. The molecule has 0 unspecified atom stereocenters. The summed E-state index contributed by atoms with van der Waals surface area (Å²) in [6.45, 7) is 0.601. The molecule has 2 rings (SSSR count). The molecule has 0 aliphatic carbocycles. The number of hydrogen-bond donors (Lipinski definition) is 1. The molecule has 0 bridgehead atoms. The fraction of sp³-hybridized carbons (Fsp3) is 0.286. The van der Waals surface area contributed by atoms with Gasteiger partial charge in [-0.2, -0.15) is 0 Å². The van der Waals surface area contributed by atoms with E-state index in [9.17, 15) is 4.79 Å². The van der Waals surface area contributed by atoms with E-state index < -0.39 is 0 Å². The van der Waals surface area contributed by atoms with E-state index in [0.717, 1.165) is 17.7 Å². The molecule has 0 radical (unpaired) electrons. The zero-order valence-corrected chi connectivity index (χ0v) is 11.5. The van der Waals surface area contributed by atoms with Gasteiger partial charge in [-0.05, 0) is 17.7 Å². The molecule has 0 fully saturated rings. The van der Waals surface area contributed by atoms with Crippen molar-refractivity contribution in [3.05, 3.63) is 53.1 Å². The van der Waals surface area contributed by atoms with E-state index in [-0.39, 0.29) is 5.91 Å². The second kappa shape index (κ2) is 6.38. The molecule has 0 atom stereocenters. The van der Waals surface area contributed by atoms with Crippen LogP contribution in [0.4, 0.5) is 0 Å². The molecular weight excluding hydrogens is 262 g/mol. The first-order chi connectivity index (χ1) is 9.13. The zero-order chi connectivity index (χ0) is 13.7. The van der Waals surface area contributed by atoms with E-state index in [1.54, 1.807) is 18.5 Å². The van der Waals surface area contributed by atoms with Crippen molar-refractivity contribution in [2.45, 2.75) is 12.8 Å². The van der Waals surface area contributed by atoms with E-state index >= 15 is 0 Å². The summed E-state index contributed by atoms with van der Waals surface area (Å²) >= 11 is 5.79. The van der Waals surface area contributed by atoms with Crippen molar-refractivity contribution in [2.75, 3.05) is 6.54 Å². The van der Waals surface area contributed by atoms with Gasteiger partial charge >= 0.3 is 0 Å². The van der Waals surface area contributed by atoms with Crippen LogP contribution in [0.2, 0.25) is 5.02 Å². The van der Waals surface area contributed by atoms with E-state index in [4.69, 9.17) is 11.6 Å². The Labute approximate surface area is 117 Å². The first-order valence-corrected chi connectivity index (χ1v) is 6.49. The molecule has 100 valence electrons. The fourth-order valence-corrected chi connectivity index (χ4v) is 1.90. The Bertz CT molecular complexity index is 548. The van der Waals surface area contributed by atoms with Crippen molar-refractivity contribution in [3.63, 3.8) is 0 Å². The fourth-order valence-electron chi connectivity index (χ4n) is 1.78. The minimum absolute atomic E-state index is 0.0123. The number of rotatable bonds is 5. The van der Waals surface area contributed by atoms with Crippen molar-refractivity contribution in [1.82, 2.24) is 14.9 Å². The van der Waals surface area contributed by atoms with Gasteiger partial charge in [0.15, 0.2) is 0 Å². The van der Waals surface area contributed by atoms with Gasteiger partial charge in [0.2, 0.25) is 5.91 Å². The van der Waals surface area contributed by atoms with Crippen LogP contribution in [0.5, 0.6) is 0 Å². The molecular formula is C14H16ClN3O. The van der Waals surface area contributed by atoms with Crippen LogP contribution < -0.4 is 5.32 Å². The van der Waals surface area contributed by atoms with Gasteiger partial charge in [-0.3, -0.25) is 4.79 Å². The Balaban J connectivity index is 1.74. The van der Waals surface area contributed by atoms with Crippen molar-refractivity contribution in [1.29, 1.82) is 0 Å². The molecule has 0 saturated heterocycles. The van der Waals surface area contributed by atoms with Gasteiger partial charge < -0.3 is 9.88 Å². The van der Waals surface area contributed by atoms with Gasteiger partial charge in [-0.1, -0.05) is 23.7 Å². The molecule has 1 N–H and O–H groups in total. The maximum Gasteiger partial charge on any atom is 0.224 e. The third kappa shape index (κ3) is 4.41. The van der Waals surface area contributed by atoms with Gasteiger partial charge in [-0.15, -0.1) is 0 Å². The number of halogens is 1. The summed E-state index contributed by atoms with van der Waals surface area (Å²) in [6, 6.07) is 7.30. The van der Waals surface area contributed by atoms with Crippen LogP contribution in [-0.4, -0.2) is 22.0 Å². The van der Waals surface area contributed by atoms with Gasteiger partial charge in [0.05, 0.1) is 18.4 Å². The highest BCUT2D eigenvalue weighted by atomic mass is 35.5. The molecule has 5 heteroatoms. The largest absolute Gasteiger partial charge is 0.355 e. The maximum absolute atomic E-state index is 11.7. The first kappa shape index (κ1) is 13.6. The summed E-state index contributed by atoms with van der Waals surface area (Å²) in [5.74, 6) is 0.0123. The summed E-state index contributed by atoms with van der Waals surface area (Å²) in [4.78, 5) is 15.9. The van der Waals surface area contributed by atoms with Crippen LogP contribution in [-0.2, 0) is 24.7 Å². The third-order valence-electron chi connectivity index (χ3n) is 2.74. The smallest absolute Gasteiger partial charge is 0.224 e. The van der Waals surface area contributed by atoms with Gasteiger partial charge in [0.25, 0.3) is 0 Å². The number of benzene rings is 1. The van der Waals surface area contributed by atoms with Crippen molar-refractivity contribution >= 4 is 17.5 Å². The van der Waals surface area contributed by atoms with Crippen LogP contribution in [0, 0.1) is 0 Å². The SMILES string of the molecule is Cn1cnc(CCNC(=O)Cc2ccc(Cl)cc2)c1. The quantitative estimate of drug-likeness (QED) is 0.908. The Morgan fingerprint density at radius 1 is 1.37 bits per heavy atom. The number of nitrogens with zero attached hydrogens (tertiary/aromatic N) is 2. The summed E-state index contributed by atoms with van der Waals surface area (Å²) in [5.41, 5.74) is 1.94. The molecule has 2 aromatic rings. The standard InChI is InChI=1S/C14H16ClN3O/c1-18-9-13(17-10-18)6-7-16-14(19)8-11-2-4-12(15)5-3-11/h2-5,9-10H,6-8H2,1H3,(H,16,19). The highest BCUT2D eigenvalue weighted by Crippen LogP contribution is 2.09. The predicted octanol–water partition coefficient (Wildman–Crippen LogP) is 1.97. The van der Waals surface area contributed by atoms with Crippen LogP contribution in [0.15, 0.2) is 36.8 Å². The van der Waals surface area contributed by atoms with Crippen molar-refractivity contribution in [2.24, 2.45) is 7.05 Å². The minimum atomic E-state index is 0.0123. The summed E-state index contributed by atoms with van der Waals surface area (Å²) in [6.07, 6.45) is 4.82. The number of aryl methyl sites for hydroxylation is 1. The second-order valence-electron chi connectivity index (χ2n) is 4.43. The maximum atomic E-state index is 11.7. The Hall–Kier alpha value is -1.81. The number of nitrogens with one attached hydrogen (secondary N) is 1. The van der Waals surface area contributed by atoms with Crippen LogP contribution in [0.25, 0.3) is 0 Å². The lowest BCUT2D eigenvalue weighted by Gasteiger charge is -2.04. The van der Waals surface area contributed by atoms with E-state index in [0.29, 0.717) is 18.0 Å². The topological polar surface area (TPSA) is 46.9 Å². The molecule has 0 saturated carbocycles. The highest BCUT2D eigenvalue weighted by Gasteiger charge is 2.03. The predicted molar refractivity (Wildman–Crippen MR) is 75.1 cm³/mol. The zero-order valence-electron chi connectivity index (χ0n) is 10.8. The lowest BCUT2D eigenvalue weighted by Crippen LogP contribution is -2.27. The van der Waals surface area contributed by atoms with Crippen molar-refractivity contribution in [3.8, 4) is 0 Å². The summed E-state index contributed by atoms with van der Waals surface area (Å²) in [7, 11) is 1.93. The number of amides is 1. The Morgan fingerprint density at radius 2 is 2.11 bits per heavy atom. The molecule has 0 spiro atoms. The lowest BCUT2D eigenvalue weighted by molar-refractivity contribution is -0.120. The van der Waals surface area contributed by atoms with Gasteiger partial charge in [0.1, 0.15) is 0 Å². The highest BCUT2D eigenvalue weighted by molar-refractivity contribution is 6.30. The molecule has 1 heterocycles. The number of aromatic nitrogens is 2. The molecule has 4 nitrogen and oxygen atoms in total. The summed E-state index contributed by atoms with van der Waals surface area (Å²) < 4.78 is 1.89. The average molecular weight is 278 g/mol. The van der Waals surface area contributed by atoms with Gasteiger partial charge in [-0.25, -0.2) is 4.98 Å². The number of hydrogen-bond acceptors (Lipinski definition) is 2. The second-order valence-corrected chi connectivity index (χ2v) is 4.87. The van der Waals surface area contributed by atoms with E-state index in [1.165, 1.54) is 0 Å². The number of carbonyl (C=O) groups is 1. The van der Waals surface area contributed by atoms with Crippen LogP contribution in [0.1, 0.15) is 11.3 Å². The van der Waals surface area contributed by atoms with Gasteiger partial charge in [0, 0.05) is 31.2 Å². The molecule has 1 aromatic heterocycles. The Kier molecular flexibility index (Phi) is 4.58.